The Bertz CT molecular complexity index is 177. The van der Waals surface area contributed by atoms with Gasteiger partial charge in [-0.1, -0.05) is 0 Å². The quantitative estimate of drug-likeness (QED) is 0.551. The molecule has 0 spiro atoms. The van der Waals surface area contributed by atoms with Crippen molar-refractivity contribution >= 4 is 0 Å². The van der Waals surface area contributed by atoms with Crippen LogP contribution in [0, 0.1) is 12.8 Å². The average Bonchev–Trinajstić information content (AvgIpc) is 2.21. The molecule has 1 aliphatic heterocycles. The largest absolute Gasteiger partial charge is 0.345 e. The highest BCUT2D eigenvalue weighted by molar-refractivity contribution is 4.88. The molecule has 1 saturated carbocycles. The maximum atomic E-state index is 5.84. The zero-order chi connectivity index (χ0) is 8.77. The van der Waals surface area contributed by atoms with Gasteiger partial charge in [-0.25, -0.2) is 0 Å². The summed E-state index contributed by atoms with van der Waals surface area (Å²) in [5, 5.41) is 0. The van der Waals surface area contributed by atoms with Gasteiger partial charge in [-0.15, -0.1) is 0 Å². The molecule has 68 valence electrons. The summed E-state index contributed by atoms with van der Waals surface area (Å²) in [7, 11) is 0. The predicted octanol–water partition coefficient (Wildman–Crippen LogP) is 2.02. The molecule has 2 radical (unpaired) electrons. The summed E-state index contributed by atoms with van der Waals surface area (Å²) in [6.07, 6.45) is 3.60. The van der Waals surface area contributed by atoms with Crippen LogP contribution in [0.4, 0.5) is 0 Å². The number of ether oxygens (including phenoxy) is 2. The van der Waals surface area contributed by atoms with E-state index in [0.717, 1.165) is 19.3 Å². The predicted molar refractivity (Wildman–Crippen MR) is 45.5 cm³/mol. The lowest BCUT2D eigenvalue weighted by Crippen LogP contribution is -2.30. The zero-order valence-electron chi connectivity index (χ0n) is 7.75. The smallest absolute Gasteiger partial charge is 0.163 e. The summed E-state index contributed by atoms with van der Waals surface area (Å²) >= 11 is 0. The number of hydrogen-bond donors (Lipinski definition) is 0. The van der Waals surface area contributed by atoms with E-state index in [-0.39, 0.29) is 11.9 Å². The summed E-state index contributed by atoms with van der Waals surface area (Å²) < 4.78 is 11.4. The van der Waals surface area contributed by atoms with E-state index >= 15 is 0 Å². The van der Waals surface area contributed by atoms with Gasteiger partial charge in [-0.3, -0.25) is 0 Å². The van der Waals surface area contributed by atoms with Gasteiger partial charge in [-0.05, 0) is 46.0 Å². The fourth-order valence-electron chi connectivity index (χ4n) is 2.15. The summed E-state index contributed by atoms with van der Waals surface area (Å²) in [4.78, 5) is 0. The van der Waals surface area contributed by atoms with Gasteiger partial charge in [-0.2, -0.15) is 0 Å². The molecule has 0 N–H and O–H groups in total. The van der Waals surface area contributed by atoms with E-state index < -0.39 is 0 Å². The van der Waals surface area contributed by atoms with Crippen molar-refractivity contribution in [3.63, 3.8) is 0 Å². The van der Waals surface area contributed by atoms with Gasteiger partial charge in [0.05, 0.1) is 12.2 Å². The normalized spacial score (nSPS) is 45.8. The molecule has 1 aliphatic carbocycles. The Morgan fingerprint density at radius 2 is 1.83 bits per heavy atom. The van der Waals surface area contributed by atoms with Crippen molar-refractivity contribution in [2.24, 2.45) is 5.92 Å². The molecular weight excluding hydrogens is 152 g/mol. The average molecular weight is 168 g/mol. The van der Waals surface area contributed by atoms with E-state index in [4.69, 9.17) is 16.4 Å². The maximum Gasteiger partial charge on any atom is 0.163 e. The van der Waals surface area contributed by atoms with Gasteiger partial charge >= 0.3 is 0 Å². The van der Waals surface area contributed by atoms with E-state index in [1.807, 2.05) is 13.8 Å². The first kappa shape index (κ1) is 8.52. The number of hydrogen-bond acceptors (Lipinski definition) is 2. The van der Waals surface area contributed by atoms with Gasteiger partial charge in [0, 0.05) is 0 Å². The van der Waals surface area contributed by atoms with Crippen molar-refractivity contribution in [3.05, 3.63) is 6.92 Å². The van der Waals surface area contributed by atoms with Gasteiger partial charge in [0.15, 0.2) is 5.79 Å². The molecule has 0 amide bonds. The first-order valence-electron chi connectivity index (χ1n) is 4.68. The third-order valence-corrected chi connectivity index (χ3v) is 2.64. The highest BCUT2D eigenvalue weighted by Crippen LogP contribution is 2.38. The van der Waals surface area contributed by atoms with E-state index in [9.17, 15) is 0 Å². The van der Waals surface area contributed by atoms with E-state index in [0.29, 0.717) is 12.0 Å². The van der Waals surface area contributed by atoms with Crippen molar-refractivity contribution < 1.29 is 9.47 Å². The van der Waals surface area contributed by atoms with Crippen LogP contribution in [0.1, 0.15) is 33.1 Å². The molecule has 3 atom stereocenters. The Morgan fingerprint density at radius 1 is 1.17 bits per heavy atom. The molecule has 2 nitrogen and oxygen atoms in total. The molecule has 2 fully saturated rings. The number of rotatable bonds is 0. The Kier molecular flexibility index (Phi) is 1.92. The van der Waals surface area contributed by atoms with E-state index in [1.54, 1.807) is 0 Å². The second-order valence-electron chi connectivity index (χ2n) is 4.29. The monoisotopic (exact) mass is 168 g/mol. The van der Waals surface area contributed by atoms with Crippen molar-refractivity contribution in [2.75, 3.05) is 0 Å². The van der Waals surface area contributed by atoms with Gasteiger partial charge in [0.2, 0.25) is 0 Å². The summed E-state index contributed by atoms with van der Waals surface area (Å²) in [6.45, 7) is 9.78. The minimum atomic E-state index is -0.389. The minimum absolute atomic E-state index is 0.240. The second kappa shape index (κ2) is 2.71. The lowest BCUT2D eigenvalue weighted by molar-refractivity contribution is -0.145. The second-order valence-corrected chi connectivity index (χ2v) is 4.29. The lowest BCUT2D eigenvalue weighted by Gasteiger charge is -2.26. The number of fused-ring (bicyclic) bond motifs is 1. The van der Waals surface area contributed by atoms with Crippen molar-refractivity contribution in [1.82, 2.24) is 0 Å². The van der Waals surface area contributed by atoms with E-state index in [2.05, 4.69) is 0 Å². The lowest BCUT2D eigenvalue weighted by atomic mass is 9.87. The molecule has 0 aromatic carbocycles. The van der Waals surface area contributed by atoms with Crippen LogP contribution in [0.15, 0.2) is 0 Å². The van der Waals surface area contributed by atoms with Gasteiger partial charge in [0.25, 0.3) is 0 Å². The van der Waals surface area contributed by atoms with Crippen molar-refractivity contribution in [2.45, 2.75) is 51.1 Å². The molecule has 0 aromatic rings. The molecular formula is C10H16O2. The van der Waals surface area contributed by atoms with Crippen LogP contribution in [0.2, 0.25) is 0 Å². The molecule has 2 aliphatic rings. The molecule has 0 bridgehead atoms. The van der Waals surface area contributed by atoms with Crippen molar-refractivity contribution in [1.29, 1.82) is 0 Å². The summed E-state index contributed by atoms with van der Waals surface area (Å²) in [5.41, 5.74) is 0. The first-order chi connectivity index (χ1) is 5.57. The van der Waals surface area contributed by atoms with E-state index in [1.165, 1.54) is 0 Å². The third-order valence-electron chi connectivity index (χ3n) is 2.64. The Morgan fingerprint density at radius 3 is 2.58 bits per heavy atom. The molecule has 3 unspecified atom stereocenters. The van der Waals surface area contributed by atoms with Gasteiger partial charge in [0.1, 0.15) is 0 Å². The Balaban J connectivity index is 2.02. The van der Waals surface area contributed by atoms with Crippen molar-refractivity contribution in [3.8, 4) is 0 Å². The summed E-state index contributed by atoms with van der Waals surface area (Å²) in [5.74, 6) is -0.0805. The van der Waals surface area contributed by atoms with Crippen LogP contribution in [0.25, 0.3) is 0 Å². The molecule has 1 saturated heterocycles. The van der Waals surface area contributed by atoms with Crippen LogP contribution >= 0.6 is 0 Å². The summed E-state index contributed by atoms with van der Waals surface area (Å²) in [6, 6.07) is 0. The standard InChI is InChI=1S/C10H16O2/c1-7-4-5-8-9(6-7)12-10(2,3)11-8/h1,7-9H,4-6H2,2-3H3. The topological polar surface area (TPSA) is 18.5 Å². The maximum absolute atomic E-state index is 5.84. The highest BCUT2D eigenvalue weighted by atomic mass is 16.7. The third kappa shape index (κ3) is 1.50. The van der Waals surface area contributed by atoms with Crippen LogP contribution in [-0.4, -0.2) is 18.0 Å². The zero-order valence-corrected chi connectivity index (χ0v) is 7.75. The Hall–Kier alpha value is -0.0800. The Labute approximate surface area is 74.2 Å². The van der Waals surface area contributed by atoms with Crippen LogP contribution in [-0.2, 0) is 9.47 Å². The highest BCUT2D eigenvalue weighted by Gasteiger charge is 2.43. The molecule has 0 aromatic heterocycles. The molecule has 2 rings (SSSR count). The molecule has 2 heteroatoms. The first-order valence-corrected chi connectivity index (χ1v) is 4.68. The van der Waals surface area contributed by atoms with Crippen LogP contribution in [0.3, 0.4) is 0 Å². The SMILES string of the molecule is [CH]C1CCC2OC(C)(C)OC2C1. The molecule has 1 heterocycles. The van der Waals surface area contributed by atoms with Crippen LogP contribution in [0.5, 0.6) is 0 Å². The fourth-order valence-corrected chi connectivity index (χ4v) is 2.15. The minimum Gasteiger partial charge on any atom is -0.345 e. The fraction of sp³-hybridized carbons (Fsp3) is 0.900. The van der Waals surface area contributed by atoms with Crippen LogP contribution < -0.4 is 0 Å². The molecule has 12 heavy (non-hydrogen) atoms. The van der Waals surface area contributed by atoms with Gasteiger partial charge < -0.3 is 9.47 Å².